The molecule has 15 heavy (non-hydrogen) atoms. The van der Waals surface area contributed by atoms with Gasteiger partial charge in [-0.15, -0.1) is 0 Å². The molecule has 0 atom stereocenters. The third-order valence-corrected chi connectivity index (χ3v) is 2.56. The fourth-order valence-electron chi connectivity index (χ4n) is 1.64. The quantitative estimate of drug-likeness (QED) is 0.649. The van der Waals surface area contributed by atoms with Gasteiger partial charge in [-0.3, -0.25) is 9.59 Å². The second-order valence-corrected chi connectivity index (χ2v) is 3.55. The number of carbonyl (C=O) groups is 2. The van der Waals surface area contributed by atoms with E-state index in [1.165, 1.54) is 7.11 Å². The fraction of sp³-hybridized carbons (Fsp3) is 0.800. The molecule has 0 unspecified atom stereocenters. The Morgan fingerprint density at radius 1 is 1.07 bits per heavy atom. The van der Waals surface area contributed by atoms with E-state index in [1.54, 1.807) is 9.80 Å². The van der Waals surface area contributed by atoms with Crippen molar-refractivity contribution in [3.05, 3.63) is 0 Å². The van der Waals surface area contributed by atoms with E-state index in [1.807, 2.05) is 6.92 Å². The minimum Gasteiger partial charge on any atom is -0.375 e. The van der Waals surface area contributed by atoms with Gasteiger partial charge in [-0.2, -0.15) is 0 Å². The zero-order valence-corrected chi connectivity index (χ0v) is 9.36. The van der Waals surface area contributed by atoms with E-state index in [9.17, 15) is 9.59 Å². The Labute approximate surface area is 90.0 Å². The van der Waals surface area contributed by atoms with Gasteiger partial charge < -0.3 is 14.5 Å². The summed E-state index contributed by atoms with van der Waals surface area (Å²) in [6.07, 6.45) is 0.534. The van der Waals surface area contributed by atoms with Crippen molar-refractivity contribution in [2.75, 3.05) is 39.9 Å². The first-order chi connectivity index (χ1) is 7.19. The lowest BCUT2D eigenvalue weighted by Crippen LogP contribution is -2.51. The Morgan fingerprint density at radius 3 is 1.93 bits per heavy atom. The minimum absolute atomic E-state index is 0.00102. The Balaban J connectivity index is 2.35. The number of ether oxygens (including phenoxy) is 1. The van der Waals surface area contributed by atoms with E-state index in [0.717, 1.165) is 0 Å². The predicted molar refractivity (Wildman–Crippen MR) is 55.3 cm³/mol. The number of hydrogen-bond donors (Lipinski definition) is 0. The number of hydrogen-bond acceptors (Lipinski definition) is 3. The standard InChI is InChI=1S/C10H18N2O3/c1-3-9(13)11-4-6-12(7-5-11)10(14)8-15-2/h3-8H2,1-2H3. The lowest BCUT2D eigenvalue weighted by molar-refractivity contribution is -0.141. The zero-order chi connectivity index (χ0) is 11.3. The van der Waals surface area contributed by atoms with Crippen molar-refractivity contribution in [2.24, 2.45) is 0 Å². The van der Waals surface area contributed by atoms with Crippen LogP contribution in [-0.2, 0) is 14.3 Å². The summed E-state index contributed by atoms with van der Waals surface area (Å²) >= 11 is 0. The summed E-state index contributed by atoms with van der Waals surface area (Å²) in [5, 5.41) is 0. The fourth-order valence-corrected chi connectivity index (χ4v) is 1.64. The molecule has 1 rings (SSSR count). The van der Waals surface area contributed by atoms with E-state index in [0.29, 0.717) is 32.6 Å². The summed E-state index contributed by atoms with van der Waals surface area (Å²) in [7, 11) is 1.51. The molecule has 0 aromatic carbocycles. The molecule has 0 aliphatic carbocycles. The van der Waals surface area contributed by atoms with Crippen molar-refractivity contribution in [3.8, 4) is 0 Å². The second-order valence-electron chi connectivity index (χ2n) is 3.55. The lowest BCUT2D eigenvalue weighted by atomic mass is 10.3. The van der Waals surface area contributed by atoms with E-state index < -0.39 is 0 Å². The third kappa shape index (κ3) is 3.20. The molecule has 0 aromatic rings. The van der Waals surface area contributed by atoms with Crippen molar-refractivity contribution < 1.29 is 14.3 Å². The van der Waals surface area contributed by atoms with Crippen LogP contribution in [0.5, 0.6) is 0 Å². The molecular weight excluding hydrogens is 196 g/mol. The molecule has 1 aliphatic heterocycles. The maximum absolute atomic E-state index is 11.4. The van der Waals surface area contributed by atoms with Crippen LogP contribution in [0.1, 0.15) is 13.3 Å². The number of carbonyl (C=O) groups excluding carboxylic acids is 2. The average Bonchev–Trinajstić information content (AvgIpc) is 2.28. The highest BCUT2D eigenvalue weighted by Crippen LogP contribution is 2.03. The summed E-state index contributed by atoms with van der Waals surface area (Å²) in [6, 6.07) is 0. The van der Waals surface area contributed by atoms with Gasteiger partial charge in [0, 0.05) is 39.7 Å². The Morgan fingerprint density at radius 2 is 1.53 bits per heavy atom. The van der Waals surface area contributed by atoms with Crippen molar-refractivity contribution in [3.63, 3.8) is 0 Å². The molecule has 1 heterocycles. The van der Waals surface area contributed by atoms with E-state index >= 15 is 0 Å². The molecule has 1 fully saturated rings. The van der Waals surface area contributed by atoms with Crippen LogP contribution in [-0.4, -0.2) is 61.5 Å². The molecule has 0 N–H and O–H groups in total. The van der Waals surface area contributed by atoms with Crippen molar-refractivity contribution in [1.82, 2.24) is 9.80 Å². The van der Waals surface area contributed by atoms with Crippen LogP contribution in [0.15, 0.2) is 0 Å². The van der Waals surface area contributed by atoms with Gasteiger partial charge >= 0.3 is 0 Å². The molecule has 5 nitrogen and oxygen atoms in total. The van der Waals surface area contributed by atoms with Crippen LogP contribution in [0.25, 0.3) is 0 Å². The Kier molecular flexibility index (Phi) is 4.55. The summed E-state index contributed by atoms with van der Waals surface area (Å²) in [6.45, 7) is 4.50. The highest BCUT2D eigenvalue weighted by Gasteiger charge is 2.22. The largest absolute Gasteiger partial charge is 0.375 e. The monoisotopic (exact) mass is 214 g/mol. The predicted octanol–water partition coefficient (Wildman–Crippen LogP) is -0.286. The summed E-state index contributed by atoms with van der Waals surface area (Å²) < 4.78 is 4.78. The van der Waals surface area contributed by atoms with Gasteiger partial charge in [0.2, 0.25) is 11.8 Å². The van der Waals surface area contributed by atoms with Crippen LogP contribution in [0.3, 0.4) is 0 Å². The van der Waals surface area contributed by atoms with Gasteiger partial charge in [0.15, 0.2) is 0 Å². The molecule has 0 aromatic heterocycles. The number of piperazine rings is 1. The van der Waals surface area contributed by atoms with Crippen LogP contribution < -0.4 is 0 Å². The first kappa shape index (κ1) is 12.0. The van der Waals surface area contributed by atoms with Gasteiger partial charge in [0.25, 0.3) is 0 Å². The van der Waals surface area contributed by atoms with Crippen LogP contribution in [0, 0.1) is 0 Å². The summed E-state index contributed by atoms with van der Waals surface area (Å²) in [5.74, 6) is 0.162. The number of methoxy groups -OCH3 is 1. The maximum atomic E-state index is 11.4. The molecular formula is C10H18N2O3. The average molecular weight is 214 g/mol. The highest BCUT2D eigenvalue weighted by molar-refractivity contribution is 5.79. The van der Waals surface area contributed by atoms with Crippen molar-refractivity contribution in [1.29, 1.82) is 0 Å². The van der Waals surface area contributed by atoms with Gasteiger partial charge in [-0.05, 0) is 0 Å². The molecule has 0 spiro atoms. The topological polar surface area (TPSA) is 49.9 Å². The smallest absolute Gasteiger partial charge is 0.248 e. The van der Waals surface area contributed by atoms with Crippen molar-refractivity contribution in [2.45, 2.75) is 13.3 Å². The molecule has 86 valence electrons. The third-order valence-electron chi connectivity index (χ3n) is 2.56. The first-order valence-corrected chi connectivity index (χ1v) is 5.23. The summed E-state index contributed by atoms with van der Waals surface area (Å²) in [5.41, 5.74) is 0. The summed E-state index contributed by atoms with van der Waals surface area (Å²) in [4.78, 5) is 26.3. The van der Waals surface area contributed by atoms with Crippen LogP contribution in [0.4, 0.5) is 0 Å². The Hall–Kier alpha value is -1.10. The minimum atomic E-state index is 0.00102. The van der Waals surface area contributed by atoms with Gasteiger partial charge in [0.1, 0.15) is 6.61 Å². The molecule has 0 radical (unpaired) electrons. The Bertz CT molecular complexity index is 235. The molecule has 5 heteroatoms. The highest BCUT2D eigenvalue weighted by atomic mass is 16.5. The number of rotatable bonds is 3. The molecule has 2 amide bonds. The lowest BCUT2D eigenvalue weighted by Gasteiger charge is -2.34. The normalized spacial score (nSPS) is 16.7. The SMILES string of the molecule is CCC(=O)N1CCN(C(=O)COC)CC1. The second kappa shape index (κ2) is 5.70. The maximum Gasteiger partial charge on any atom is 0.248 e. The van der Waals surface area contributed by atoms with E-state index in [4.69, 9.17) is 4.74 Å². The first-order valence-electron chi connectivity index (χ1n) is 5.23. The van der Waals surface area contributed by atoms with Gasteiger partial charge in [-0.25, -0.2) is 0 Å². The molecule has 1 aliphatic rings. The van der Waals surface area contributed by atoms with Crippen molar-refractivity contribution >= 4 is 11.8 Å². The number of amides is 2. The molecule has 0 bridgehead atoms. The van der Waals surface area contributed by atoms with E-state index in [2.05, 4.69) is 0 Å². The van der Waals surface area contributed by atoms with Gasteiger partial charge in [0.05, 0.1) is 0 Å². The van der Waals surface area contributed by atoms with E-state index in [-0.39, 0.29) is 18.4 Å². The van der Waals surface area contributed by atoms with Gasteiger partial charge in [-0.1, -0.05) is 6.92 Å². The van der Waals surface area contributed by atoms with Crippen LogP contribution >= 0.6 is 0 Å². The molecule has 1 saturated heterocycles. The number of nitrogens with zero attached hydrogens (tertiary/aromatic N) is 2. The molecule has 0 saturated carbocycles. The van der Waals surface area contributed by atoms with Crippen LogP contribution in [0.2, 0.25) is 0 Å². The zero-order valence-electron chi connectivity index (χ0n) is 9.36.